The van der Waals surface area contributed by atoms with Gasteiger partial charge in [-0.25, -0.2) is 0 Å². The minimum Gasteiger partial charge on any atom is -0.396 e. The van der Waals surface area contributed by atoms with E-state index in [1.807, 2.05) is 0 Å². The molecule has 0 saturated carbocycles. The Hall–Kier alpha value is -0.0800. The Morgan fingerprint density at radius 2 is 0.714 bits per heavy atom. The van der Waals surface area contributed by atoms with Crippen molar-refractivity contribution in [3.8, 4) is 0 Å². The molecule has 2 nitrogen and oxygen atoms in total. The van der Waals surface area contributed by atoms with Gasteiger partial charge in [-0.15, -0.1) is 0 Å². The molecule has 0 aliphatic rings. The second-order valence-corrected chi connectivity index (χ2v) is 9.03. The minimum atomic E-state index is -0.192. The molecule has 2 N–H and O–H groups in total. The molecule has 0 spiro atoms. The average molecular weight is 399 g/mol. The second kappa shape index (κ2) is 25.0. The summed E-state index contributed by atoms with van der Waals surface area (Å²) in [5.41, 5.74) is 0. The van der Waals surface area contributed by atoms with Crippen molar-refractivity contribution < 1.29 is 10.2 Å². The van der Waals surface area contributed by atoms with E-state index < -0.39 is 0 Å². The van der Waals surface area contributed by atoms with Crippen LogP contribution in [0.3, 0.4) is 0 Å². The van der Waals surface area contributed by atoms with Crippen molar-refractivity contribution in [3.05, 3.63) is 0 Å². The highest BCUT2D eigenvalue weighted by Crippen LogP contribution is 2.15. The van der Waals surface area contributed by atoms with Gasteiger partial charge in [-0.3, -0.25) is 0 Å². The van der Waals surface area contributed by atoms with Crippen LogP contribution in [0.1, 0.15) is 155 Å². The summed E-state index contributed by atoms with van der Waals surface area (Å²) in [6.07, 6.45) is 30.4. The third-order valence-corrected chi connectivity index (χ3v) is 6.09. The molecule has 0 aliphatic carbocycles. The van der Waals surface area contributed by atoms with E-state index in [-0.39, 0.29) is 12.7 Å². The van der Waals surface area contributed by atoms with Gasteiger partial charge < -0.3 is 10.2 Å². The van der Waals surface area contributed by atoms with Gasteiger partial charge in [-0.05, 0) is 19.3 Å². The lowest BCUT2D eigenvalue weighted by Crippen LogP contribution is -2.06. The summed E-state index contributed by atoms with van der Waals surface area (Å²) in [5, 5.41) is 18.5. The molecule has 1 atom stereocenters. The summed E-state index contributed by atoms with van der Waals surface area (Å²) >= 11 is 0. The highest BCUT2D eigenvalue weighted by Gasteiger charge is 2.02. The number of hydrogen-bond acceptors (Lipinski definition) is 2. The summed E-state index contributed by atoms with van der Waals surface area (Å²) in [4.78, 5) is 0. The summed E-state index contributed by atoms with van der Waals surface area (Å²) in [7, 11) is 0. The van der Waals surface area contributed by atoms with E-state index in [0.29, 0.717) is 0 Å². The first-order chi connectivity index (χ1) is 13.8. The molecule has 0 heterocycles. The van der Waals surface area contributed by atoms with E-state index in [1.165, 1.54) is 122 Å². The standard InChI is InChI=1S/C26H54O2/c1-2-3-4-5-6-7-8-9-10-11-12-13-14-15-16-17-18-19-20-21-23-26(28)24-22-25-27/h26-28H,2-25H2,1H3. The van der Waals surface area contributed by atoms with Crippen LogP contribution in [0, 0.1) is 0 Å². The van der Waals surface area contributed by atoms with Crippen molar-refractivity contribution in [3.63, 3.8) is 0 Å². The Kier molecular flexibility index (Phi) is 24.9. The molecule has 0 aromatic rings. The number of unbranched alkanes of at least 4 members (excludes halogenated alkanes) is 19. The van der Waals surface area contributed by atoms with Crippen molar-refractivity contribution in [1.29, 1.82) is 0 Å². The van der Waals surface area contributed by atoms with E-state index in [9.17, 15) is 5.11 Å². The van der Waals surface area contributed by atoms with Gasteiger partial charge >= 0.3 is 0 Å². The molecular weight excluding hydrogens is 344 g/mol. The van der Waals surface area contributed by atoms with Crippen LogP contribution in [0.4, 0.5) is 0 Å². The van der Waals surface area contributed by atoms with E-state index >= 15 is 0 Å². The molecule has 0 amide bonds. The van der Waals surface area contributed by atoms with Crippen molar-refractivity contribution >= 4 is 0 Å². The van der Waals surface area contributed by atoms with Gasteiger partial charge in [0.2, 0.25) is 0 Å². The topological polar surface area (TPSA) is 40.5 Å². The molecule has 170 valence electrons. The molecule has 0 rings (SSSR count). The first-order valence-corrected chi connectivity index (χ1v) is 13.1. The third-order valence-electron chi connectivity index (χ3n) is 6.09. The molecule has 28 heavy (non-hydrogen) atoms. The Labute approximate surface area is 177 Å². The van der Waals surface area contributed by atoms with Crippen molar-refractivity contribution in [2.75, 3.05) is 6.61 Å². The molecule has 0 fully saturated rings. The first-order valence-electron chi connectivity index (χ1n) is 13.1. The number of rotatable bonds is 24. The van der Waals surface area contributed by atoms with Gasteiger partial charge in [0.05, 0.1) is 6.10 Å². The molecule has 1 unspecified atom stereocenters. The highest BCUT2D eigenvalue weighted by atomic mass is 16.3. The summed E-state index contributed by atoms with van der Waals surface area (Å²) in [5.74, 6) is 0. The Morgan fingerprint density at radius 1 is 0.429 bits per heavy atom. The van der Waals surface area contributed by atoms with E-state index in [1.54, 1.807) is 0 Å². The fraction of sp³-hybridized carbons (Fsp3) is 1.00. The van der Waals surface area contributed by atoms with Crippen LogP contribution in [-0.4, -0.2) is 22.9 Å². The molecule has 0 aliphatic heterocycles. The molecule has 0 aromatic carbocycles. The quantitative estimate of drug-likeness (QED) is 0.160. The molecule has 0 radical (unpaired) electrons. The van der Waals surface area contributed by atoms with Crippen molar-refractivity contribution in [2.45, 2.75) is 161 Å². The summed E-state index contributed by atoms with van der Waals surface area (Å²) in [6, 6.07) is 0. The largest absolute Gasteiger partial charge is 0.396 e. The zero-order valence-corrected chi connectivity index (χ0v) is 19.4. The van der Waals surface area contributed by atoms with Crippen molar-refractivity contribution in [2.24, 2.45) is 0 Å². The lowest BCUT2D eigenvalue weighted by Gasteiger charge is -2.09. The maximum atomic E-state index is 9.72. The maximum Gasteiger partial charge on any atom is 0.0541 e. The van der Waals surface area contributed by atoms with Crippen LogP contribution >= 0.6 is 0 Å². The minimum absolute atomic E-state index is 0.192. The fourth-order valence-electron chi connectivity index (χ4n) is 4.11. The predicted octanol–water partition coefficient (Wildman–Crippen LogP) is 8.33. The fourth-order valence-corrected chi connectivity index (χ4v) is 4.11. The van der Waals surface area contributed by atoms with Crippen LogP contribution < -0.4 is 0 Å². The molecule has 0 saturated heterocycles. The van der Waals surface area contributed by atoms with Gasteiger partial charge in [0.1, 0.15) is 0 Å². The zero-order chi connectivity index (χ0) is 20.5. The van der Waals surface area contributed by atoms with Crippen LogP contribution in [0.25, 0.3) is 0 Å². The Bertz CT molecular complexity index is 267. The van der Waals surface area contributed by atoms with Gasteiger partial charge in [-0.2, -0.15) is 0 Å². The lowest BCUT2D eigenvalue weighted by atomic mass is 10.0. The second-order valence-electron chi connectivity index (χ2n) is 9.03. The van der Waals surface area contributed by atoms with Gasteiger partial charge in [0.15, 0.2) is 0 Å². The van der Waals surface area contributed by atoms with E-state index in [4.69, 9.17) is 5.11 Å². The predicted molar refractivity (Wildman–Crippen MR) is 125 cm³/mol. The normalized spacial score (nSPS) is 12.5. The van der Waals surface area contributed by atoms with Crippen LogP contribution in [0.5, 0.6) is 0 Å². The average Bonchev–Trinajstić information content (AvgIpc) is 2.70. The maximum absolute atomic E-state index is 9.72. The van der Waals surface area contributed by atoms with Gasteiger partial charge in [0.25, 0.3) is 0 Å². The lowest BCUT2D eigenvalue weighted by molar-refractivity contribution is 0.137. The third kappa shape index (κ3) is 24.0. The molecule has 0 aromatic heterocycles. The Morgan fingerprint density at radius 3 is 1.04 bits per heavy atom. The molecule has 0 bridgehead atoms. The molecule has 2 heteroatoms. The van der Waals surface area contributed by atoms with Crippen LogP contribution in [0.2, 0.25) is 0 Å². The SMILES string of the molecule is CCCCCCCCCCCCCCCCCCCCCCC(O)CCCO. The van der Waals surface area contributed by atoms with E-state index in [0.717, 1.165) is 25.7 Å². The van der Waals surface area contributed by atoms with Gasteiger partial charge in [0, 0.05) is 6.61 Å². The van der Waals surface area contributed by atoms with Gasteiger partial charge in [-0.1, -0.05) is 135 Å². The van der Waals surface area contributed by atoms with Crippen LogP contribution in [0.15, 0.2) is 0 Å². The number of aliphatic hydroxyl groups excluding tert-OH is 2. The van der Waals surface area contributed by atoms with E-state index in [2.05, 4.69) is 6.92 Å². The first kappa shape index (κ1) is 27.9. The van der Waals surface area contributed by atoms with Crippen LogP contribution in [-0.2, 0) is 0 Å². The highest BCUT2D eigenvalue weighted by molar-refractivity contribution is 4.56. The smallest absolute Gasteiger partial charge is 0.0541 e. The monoisotopic (exact) mass is 398 g/mol. The summed E-state index contributed by atoms with van der Waals surface area (Å²) < 4.78 is 0. The number of aliphatic hydroxyl groups is 2. The number of hydrogen-bond donors (Lipinski definition) is 2. The zero-order valence-electron chi connectivity index (χ0n) is 19.4. The summed E-state index contributed by atoms with van der Waals surface area (Å²) in [6.45, 7) is 2.50. The Balaban J connectivity index is 3.03. The molecular formula is C26H54O2. The van der Waals surface area contributed by atoms with Crippen molar-refractivity contribution in [1.82, 2.24) is 0 Å².